The number of aryl methyl sites for hydroxylation is 1. The summed E-state index contributed by atoms with van der Waals surface area (Å²) in [5, 5.41) is 0. The fourth-order valence-corrected chi connectivity index (χ4v) is 2.19. The topological polar surface area (TPSA) is 29.5 Å². The maximum Gasteiger partial charge on any atom is 0.305 e. The summed E-state index contributed by atoms with van der Waals surface area (Å²) in [7, 11) is 0. The Morgan fingerprint density at radius 2 is 1.95 bits per heavy atom. The van der Waals surface area contributed by atoms with E-state index in [9.17, 15) is 4.79 Å². The molecule has 0 radical (unpaired) electrons. The van der Waals surface area contributed by atoms with Gasteiger partial charge in [0.15, 0.2) is 0 Å². The number of carbonyl (C=O) groups excluding carboxylic acids is 1. The lowest BCUT2D eigenvalue weighted by molar-refractivity contribution is -0.143. The highest BCUT2D eigenvalue weighted by atomic mass is 16.5. The van der Waals surface area contributed by atoms with E-state index in [0.717, 1.165) is 19.5 Å². The van der Waals surface area contributed by atoms with Crippen LogP contribution in [0.2, 0.25) is 0 Å². The molecule has 0 saturated heterocycles. The second kappa shape index (κ2) is 9.40. The first-order chi connectivity index (χ1) is 9.67. The zero-order chi connectivity index (χ0) is 14.8. The van der Waals surface area contributed by atoms with Gasteiger partial charge in [-0.2, -0.15) is 0 Å². The molecule has 0 unspecified atom stereocenters. The van der Waals surface area contributed by atoms with Crippen LogP contribution in [0.15, 0.2) is 24.3 Å². The van der Waals surface area contributed by atoms with Gasteiger partial charge in [-0.3, -0.25) is 4.79 Å². The molecule has 0 amide bonds. The molecule has 0 aliphatic rings. The largest absolute Gasteiger partial charge is 0.466 e. The molecule has 1 aromatic carbocycles. The molecule has 0 spiro atoms. The van der Waals surface area contributed by atoms with E-state index in [-0.39, 0.29) is 5.97 Å². The number of rotatable bonds is 9. The molecule has 1 aromatic rings. The van der Waals surface area contributed by atoms with Crippen LogP contribution in [0.5, 0.6) is 0 Å². The smallest absolute Gasteiger partial charge is 0.305 e. The van der Waals surface area contributed by atoms with E-state index in [4.69, 9.17) is 4.74 Å². The summed E-state index contributed by atoms with van der Waals surface area (Å²) in [6.45, 7) is 8.58. The third-order valence-electron chi connectivity index (χ3n) is 3.26. The Morgan fingerprint density at radius 3 is 2.60 bits per heavy atom. The van der Waals surface area contributed by atoms with Crippen LogP contribution in [-0.4, -0.2) is 25.7 Å². The number of unbranched alkanes of at least 4 members (excludes halogenated alkanes) is 1. The molecule has 0 heterocycles. The van der Waals surface area contributed by atoms with Gasteiger partial charge in [0.05, 0.1) is 6.61 Å². The average molecular weight is 277 g/mol. The van der Waals surface area contributed by atoms with Gasteiger partial charge in [-0.25, -0.2) is 0 Å². The van der Waals surface area contributed by atoms with Gasteiger partial charge in [-0.1, -0.05) is 25.5 Å². The van der Waals surface area contributed by atoms with E-state index in [1.54, 1.807) is 0 Å². The normalized spacial score (nSPS) is 10.3. The first-order valence-electron chi connectivity index (χ1n) is 7.64. The van der Waals surface area contributed by atoms with E-state index in [0.29, 0.717) is 13.0 Å². The maximum atomic E-state index is 11.4. The van der Waals surface area contributed by atoms with E-state index >= 15 is 0 Å². The highest BCUT2D eigenvalue weighted by molar-refractivity contribution is 5.69. The third-order valence-corrected chi connectivity index (χ3v) is 3.26. The number of carbonyl (C=O) groups is 1. The van der Waals surface area contributed by atoms with E-state index in [1.807, 2.05) is 6.92 Å². The van der Waals surface area contributed by atoms with Crippen molar-refractivity contribution in [2.75, 3.05) is 24.6 Å². The molecule has 0 atom stereocenters. The summed E-state index contributed by atoms with van der Waals surface area (Å²) in [5.41, 5.74) is 2.52. The minimum absolute atomic E-state index is 0.0906. The van der Waals surface area contributed by atoms with Gasteiger partial charge in [0.2, 0.25) is 0 Å². The molecular weight excluding hydrogens is 250 g/mol. The molecule has 3 heteroatoms. The summed E-state index contributed by atoms with van der Waals surface area (Å²) < 4.78 is 4.97. The molecule has 0 fully saturated rings. The van der Waals surface area contributed by atoms with Crippen LogP contribution < -0.4 is 4.90 Å². The number of hydrogen-bond donors (Lipinski definition) is 0. The Bertz CT molecular complexity index is 404. The summed E-state index contributed by atoms with van der Waals surface area (Å²) >= 11 is 0. The van der Waals surface area contributed by atoms with Crippen molar-refractivity contribution in [3.05, 3.63) is 29.8 Å². The summed E-state index contributed by atoms with van der Waals surface area (Å²) in [4.78, 5) is 13.8. The van der Waals surface area contributed by atoms with Crippen LogP contribution in [0.25, 0.3) is 0 Å². The zero-order valence-corrected chi connectivity index (χ0v) is 13.0. The van der Waals surface area contributed by atoms with Crippen LogP contribution in [-0.2, 0) is 9.53 Å². The predicted molar refractivity (Wildman–Crippen MR) is 84.2 cm³/mol. The summed E-state index contributed by atoms with van der Waals surface area (Å²) in [5.74, 6) is -0.0906. The van der Waals surface area contributed by atoms with Crippen molar-refractivity contribution in [2.45, 2.75) is 46.5 Å². The second-order valence-electron chi connectivity index (χ2n) is 5.09. The van der Waals surface area contributed by atoms with Crippen LogP contribution in [0.1, 0.15) is 45.1 Å². The van der Waals surface area contributed by atoms with Crippen LogP contribution in [0.3, 0.4) is 0 Å². The quantitative estimate of drug-likeness (QED) is 0.640. The van der Waals surface area contributed by atoms with Crippen molar-refractivity contribution in [1.29, 1.82) is 0 Å². The van der Waals surface area contributed by atoms with Crippen molar-refractivity contribution < 1.29 is 9.53 Å². The molecular formula is C17H27NO2. The standard InChI is InChI=1S/C17H27NO2/c1-4-6-12-18(13-8-11-17(19)20-5-2)16-10-7-9-15(3)14-16/h7,9-10,14H,4-6,8,11-13H2,1-3H3. The highest BCUT2D eigenvalue weighted by Crippen LogP contribution is 2.17. The van der Waals surface area contributed by atoms with E-state index in [1.165, 1.54) is 24.1 Å². The fourth-order valence-electron chi connectivity index (χ4n) is 2.19. The minimum atomic E-state index is -0.0906. The molecule has 112 valence electrons. The fraction of sp³-hybridized carbons (Fsp3) is 0.588. The Labute approximate surface area is 122 Å². The molecule has 0 saturated carbocycles. The highest BCUT2D eigenvalue weighted by Gasteiger charge is 2.08. The van der Waals surface area contributed by atoms with Crippen molar-refractivity contribution >= 4 is 11.7 Å². The average Bonchev–Trinajstić information content (AvgIpc) is 2.43. The Hall–Kier alpha value is -1.51. The van der Waals surface area contributed by atoms with E-state index < -0.39 is 0 Å². The molecule has 0 aliphatic heterocycles. The van der Waals surface area contributed by atoms with Gasteiger partial charge in [0, 0.05) is 25.2 Å². The molecule has 0 aliphatic carbocycles. The van der Waals surface area contributed by atoms with Crippen molar-refractivity contribution in [2.24, 2.45) is 0 Å². The first kappa shape index (κ1) is 16.5. The van der Waals surface area contributed by atoms with Gasteiger partial charge in [0.25, 0.3) is 0 Å². The van der Waals surface area contributed by atoms with Crippen molar-refractivity contribution in [3.63, 3.8) is 0 Å². The first-order valence-corrected chi connectivity index (χ1v) is 7.64. The van der Waals surface area contributed by atoms with Gasteiger partial charge >= 0.3 is 5.97 Å². The Morgan fingerprint density at radius 1 is 1.20 bits per heavy atom. The van der Waals surface area contributed by atoms with Crippen LogP contribution >= 0.6 is 0 Å². The zero-order valence-electron chi connectivity index (χ0n) is 13.0. The number of anilines is 1. The van der Waals surface area contributed by atoms with Gasteiger partial charge in [-0.15, -0.1) is 0 Å². The molecule has 1 rings (SSSR count). The summed E-state index contributed by atoms with van der Waals surface area (Å²) in [6, 6.07) is 8.56. The minimum Gasteiger partial charge on any atom is -0.466 e. The second-order valence-corrected chi connectivity index (χ2v) is 5.09. The van der Waals surface area contributed by atoms with Gasteiger partial charge in [-0.05, 0) is 44.4 Å². The molecule has 3 nitrogen and oxygen atoms in total. The Kier molecular flexibility index (Phi) is 7.78. The monoisotopic (exact) mass is 277 g/mol. The number of hydrogen-bond acceptors (Lipinski definition) is 3. The number of benzene rings is 1. The van der Waals surface area contributed by atoms with Crippen molar-refractivity contribution in [1.82, 2.24) is 0 Å². The lowest BCUT2D eigenvalue weighted by Gasteiger charge is -2.25. The predicted octanol–water partition coefficient (Wildman–Crippen LogP) is 3.94. The molecule has 0 aromatic heterocycles. The van der Waals surface area contributed by atoms with Crippen LogP contribution in [0.4, 0.5) is 5.69 Å². The lowest BCUT2D eigenvalue weighted by Crippen LogP contribution is -2.26. The van der Waals surface area contributed by atoms with Gasteiger partial charge in [0.1, 0.15) is 0 Å². The van der Waals surface area contributed by atoms with Gasteiger partial charge < -0.3 is 9.64 Å². The van der Waals surface area contributed by atoms with Crippen LogP contribution in [0, 0.1) is 6.92 Å². The maximum absolute atomic E-state index is 11.4. The lowest BCUT2D eigenvalue weighted by atomic mass is 10.2. The molecule has 20 heavy (non-hydrogen) atoms. The molecule has 0 bridgehead atoms. The number of esters is 1. The van der Waals surface area contributed by atoms with E-state index in [2.05, 4.69) is 43.0 Å². The Balaban J connectivity index is 2.54. The molecule has 0 N–H and O–H groups in total. The number of ether oxygens (including phenoxy) is 1. The summed E-state index contributed by atoms with van der Waals surface area (Å²) in [6.07, 6.45) is 3.70. The number of nitrogens with zero attached hydrogens (tertiary/aromatic N) is 1. The SMILES string of the molecule is CCCCN(CCCC(=O)OCC)c1cccc(C)c1. The third kappa shape index (κ3) is 6.09. The van der Waals surface area contributed by atoms with Crippen molar-refractivity contribution in [3.8, 4) is 0 Å².